The lowest BCUT2D eigenvalue weighted by atomic mass is 10.1. The molecule has 0 radical (unpaired) electrons. The van der Waals surface area contributed by atoms with Gasteiger partial charge in [-0.3, -0.25) is 0 Å². The summed E-state index contributed by atoms with van der Waals surface area (Å²) in [4.78, 5) is 7.96. The zero-order valence-electron chi connectivity index (χ0n) is 9.24. The molecule has 0 saturated heterocycles. The van der Waals surface area contributed by atoms with E-state index in [-0.39, 0.29) is 0 Å². The molecule has 0 atom stereocenters. The van der Waals surface area contributed by atoms with Gasteiger partial charge in [-0.1, -0.05) is 18.2 Å². The molecule has 2 nitrogen and oxygen atoms in total. The second-order valence-corrected chi connectivity index (χ2v) is 4.98. The van der Waals surface area contributed by atoms with Crippen molar-refractivity contribution >= 4 is 22.2 Å². The summed E-state index contributed by atoms with van der Waals surface area (Å²) in [5.74, 6) is 0. The minimum atomic E-state index is 1.08. The molecule has 2 heterocycles. The van der Waals surface area contributed by atoms with Crippen LogP contribution >= 0.6 is 11.3 Å². The topological polar surface area (TPSA) is 28.7 Å². The third-order valence-corrected chi connectivity index (χ3v) is 3.54. The Labute approximate surface area is 98.0 Å². The van der Waals surface area contributed by atoms with Crippen molar-refractivity contribution in [3.8, 4) is 11.3 Å². The SMILES string of the molecule is Cc1nc(-c2c(C)[nH]c3ccccc23)cs1. The average Bonchev–Trinajstić information content (AvgIpc) is 2.80. The Morgan fingerprint density at radius 2 is 2.00 bits per heavy atom. The molecule has 1 aromatic carbocycles. The molecule has 3 heteroatoms. The third kappa shape index (κ3) is 1.36. The summed E-state index contributed by atoms with van der Waals surface area (Å²) < 4.78 is 0. The summed E-state index contributed by atoms with van der Waals surface area (Å²) >= 11 is 1.69. The van der Waals surface area contributed by atoms with Crippen molar-refractivity contribution in [3.63, 3.8) is 0 Å². The second-order valence-electron chi connectivity index (χ2n) is 3.92. The smallest absolute Gasteiger partial charge is 0.0901 e. The molecule has 0 amide bonds. The summed E-state index contributed by atoms with van der Waals surface area (Å²) in [6.45, 7) is 4.14. The number of aromatic amines is 1. The number of aromatic nitrogens is 2. The molecular formula is C13H12N2S. The molecular weight excluding hydrogens is 216 g/mol. The molecule has 2 aromatic heterocycles. The molecule has 1 N–H and O–H groups in total. The fraction of sp³-hybridized carbons (Fsp3) is 0.154. The first-order chi connectivity index (χ1) is 7.75. The highest BCUT2D eigenvalue weighted by molar-refractivity contribution is 7.09. The lowest BCUT2D eigenvalue weighted by Gasteiger charge is -1.95. The van der Waals surface area contributed by atoms with Crippen LogP contribution < -0.4 is 0 Å². The van der Waals surface area contributed by atoms with E-state index in [1.54, 1.807) is 11.3 Å². The number of fused-ring (bicyclic) bond motifs is 1. The van der Waals surface area contributed by atoms with Crippen LogP contribution in [-0.2, 0) is 0 Å². The molecule has 3 aromatic rings. The predicted molar refractivity (Wildman–Crippen MR) is 68.9 cm³/mol. The van der Waals surface area contributed by atoms with E-state index in [0.29, 0.717) is 0 Å². The maximum absolute atomic E-state index is 4.56. The van der Waals surface area contributed by atoms with Gasteiger partial charge in [0.2, 0.25) is 0 Å². The van der Waals surface area contributed by atoms with E-state index >= 15 is 0 Å². The van der Waals surface area contributed by atoms with Gasteiger partial charge < -0.3 is 4.98 Å². The van der Waals surface area contributed by atoms with E-state index < -0.39 is 0 Å². The predicted octanol–water partition coefficient (Wildman–Crippen LogP) is 3.91. The van der Waals surface area contributed by atoms with Gasteiger partial charge in [0, 0.05) is 27.5 Å². The number of H-pyrrole nitrogens is 1. The highest BCUT2D eigenvalue weighted by atomic mass is 32.1. The first-order valence-electron chi connectivity index (χ1n) is 5.25. The van der Waals surface area contributed by atoms with E-state index in [1.807, 2.05) is 13.0 Å². The fourth-order valence-corrected chi connectivity index (χ4v) is 2.69. The van der Waals surface area contributed by atoms with Gasteiger partial charge in [-0.15, -0.1) is 11.3 Å². The Kier molecular flexibility index (Phi) is 2.07. The third-order valence-electron chi connectivity index (χ3n) is 2.77. The number of para-hydroxylation sites is 1. The Bertz CT molecular complexity index is 649. The van der Waals surface area contributed by atoms with E-state index in [1.165, 1.54) is 22.2 Å². The van der Waals surface area contributed by atoms with E-state index in [2.05, 4.69) is 40.5 Å². The number of thiazole rings is 1. The number of aryl methyl sites for hydroxylation is 2. The Morgan fingerprint density at radius 1 is 1.19 bits per heavy atom. The number of benzene rings is 1. The van der Waals surface area contributed by atoms with Gasteiger partial charge in [-0.25, -0.2) is 4.98 Å². The van der Waals surface area contributed by atoms with Gasteiger partial charge in [-0.05, 0) is 19.9 Å². The van der Waals surface area contributed by atoms with Crippen molar-refractivity contribution in [2.24, 2.45) is 0 Å². The van der Waals surface area contributed by atoms with Crippen molar-refractivity contribution < 1.29 is 0 Å². The first kappa shape index (κ1) is 9.60. The minimum Gasteiger partial charge on any atom is -0.358 e. The molecule has 0 saturated carbocycles. The molecule has 0 aliphatic rings. The Morgan fingerprint density at radius 3 is 2.75 bits per heavy atom. The summed E-state index contributed by atoms with van der Waals surface area (Å²) in [5.41, 5.74) is 4.68. The quantitative estimate of drug-likeness (QED) is 0.672. The van der Waals surface area contributed by atoms with E-state index in [9.17, 15) is 0 Å². The normalized spacial score (nSPS) is 11.1. The number of rotatable bonds is 1. The molecule has 3 rings (SSSR count). The van der Waals surface area contributed by atoms with Crippen molar-refractivity contribution in [2.75, 3.05) is 0 Å². The summed E-state index contributed by atoms with van der Waals surface area (Å²) in [6, 6.07) is 8.36. The van der Waals surface area contributed by atoms with Crippen LogP contribution in [0.25, 0.3) is 22.2 Å². The summed E-state index contributed by atoms with van der Waals surface area (Å²) in [7, 11) is 0. The van der Waals surface area contributed by atoms with Crippen LogP contribution in [0.15, 0.2) is 29.6 Å². The van der Waals surface area contributed by atoms with Crippen molar-refractivity contribution in [1.82, 2.24) is 9.97 Å². The Hall–Kier alpha value is -1.61. The zero-order valence-corrected chi connectivity index (χ0v) is 10.1. The number of hydrogen-bond acceptors (Lipinski definition) is 2. The highest BCUT2D eigenvalue weighted by Crippen LogP contribution is 2.32. The van der Waals surface area contributed by atoms with Crippen molar-refractivity contribution in [1.29, 1.82) is 0 Å². The minimum absolute atomic E-state index is 1.08. The summed E-state index contributed by atoms with van der Waals surface area (Å²) in [5, 5.41) is 4.49. The molecule has 80 valence electrons. The van der Waals surface area contributed by atoms with Crippen molar-refractivity contribution in [2.45, 2.75) is 13.8 Å². The second kappa shape index (κ2) is 3.46. The molecule has 16 heavy (non-hydrogen) atoms. The van der Waals surface area contributed by atoms with Gasteiger partial charge in [0.05, 0.1) is 10.7 Å². The molecule has 0 bridgehead atoms. The number of nitrogens with zero attached hydrogens (tertiary/aromatic N) is 1. The van der Waals surface area contributed by atoms with Crippen molar-refractivity contribution in [3.05, 3.63) is 40.3 Å². The van der Waals surface area contributed by atoms with Gasteiger partial charge in [0.15, 0.2) is 0 Å². The summed E-state index contributed by atoms with van der Waals surface area (Å²) in [6.07, 6.45) is 0. The lowest BCUT2D eigenvalue weighted by molar-refractivity contribution is 1.26. The molecule has 0 unspecified atom stereocenters. The monoisotopic (exact) mass is 228 g/mol. The Balaban J connectivity index is 2.34. The molecule has 0 aliphatic heterocycles. The van der Waals surface area contributed by atoms with Gasteiger partial charge in [-0.2, -0.15) is 0 Å². The van der Waals surface area contributed by atoms with Crippen LogP contribution in [0.4, 0.5) is 0 Å². The average molecular weight is 228 g/mol. The van der Waals surface area contributed by atoms with Gasteiger partial charge >= 0.3 is 0 Å². The maximum atomic E-state index is 4.56. The van der Waals surface area contributed by atoms with E-state index in [4.69, 9.17) is 0 Å². The molecule has 0 spiro atoms. The van der Waals surface area contributed by atoms with Crippen LogP contribution in [0, 0.1) is 13.8 Å². The van der Waals surface area contributed by atoms with Gasteiger partial charge in [0.1, 0.15) is 0 Å². The van der Waals surface area contributed by atoms with Crippen LogP contribution in [0.5, 0.6) is 0 Å². The van der Waals surface area contributed by atoms with Crippen LogP contribution in [0.2, 0.25) is 0 Å². The fourth-order valence-electron chi connectivity index (χ4n) is 2.08. The largest absolute Gasteiger partial charge is 0.358 e. The first-order valence-corrected chi connectivity index (χ1v) is 6.13. The number of nitrogens with one attached hydrogen (secondary N) is 1. The van der Waals surface area contributed by atoms with Gasteiger partial charge in [0.25, 0.3) is 0 Å². The molecule has 0 fully saturated rings. The maximum Gasteiger partial charge on any atom is 0.0901 e. The molecule has 0 aliphatic carbocycles. The van der Waals surface area contributed by atoms with Crippen LogP contribution in [0.1, 0.15) is 10.7 Å². The highest BCUT2D eigenvalue weighted by Gasteiger charge is 2.11. The zero-order chi connectivity index (χ0) is 11.1. The van der Waals surface area contributed by atoms with E-state index in [0.717, 1.165) is 10.7 Å². The number of hydrogen-bond donors (Lipinski definition) is 1. The van der Waals surface area contributed by atoms with Crippen LogP contribution in [0.3, 0.4) is 0 Å². The van der Waals surface area contributed by atoms with Crippen LogP contribution in [-0.4, -0.2) is 9.97 Å². The lowest BCUT2D eigenvalue weighted by Crippen LogP contribution is -1.79. The standard InChI is InChI=1S/C13H12N2S/c1-8-13(12-7-16-9(2)15-12)10-5-3-4-6-11(10)14-8/h3-7,14H,1-2H3.